The van der Waals surface area contributed by atoms with E-state index in [1.165, 1.54) is 0 Å². The summed E-state index contributed by atoms with van der Waals surface area (Å²) in [5.74, 6) is -0.491. The molecule has 3 N–H and O–H groups in total. The fourth-order valence-corrected chi connectivity index (χ4v) is 2.30. The standard InChI is InChI=1S/C12H17N3O2/c1-8-5-11(13)14-6-10(8)15-4-2-3-9(7-15)12(16)17/h5-6,9H,2-4,7H2,1H3,(H2,13,14)(H,16,17). The lowest BCUT2D eigenvalue weighted by atomic mass is 9.97. The maximum absolute atomic E-state index is 11.0. The average molecular weight is 235 g/mol. The van der Waals surface area contributed by atoms with E-state index >= 15 is 0 Å². The Kier molecular flexibility index (Phi) is 3.17. The Hall–Kier alpha value is -1.78. The molecule has 2 heterocycles. The van der Waals surface area contributed by atoms with E-state index in [2.05, 4.69) is 9.88 Å². The van der Waals surface area contributed by atoms with Crippen molar-refractivity contribution in [2.24, 2.45) is 5.92 Å². The number of hydrogen-bond acceptors (Lipinski definition) is 4. The Morgan fingerprint density at radius 1 is 1.65 bits per heavy atom. The van der Waals surface area contributed by atoms with Crippen molar-refractivity contribution in [3.05, 3.63) is 17.8 Å². The van der Waals surface area contributed by atoms with Gasteiger partial charge in [0.25, 0.3) is 0 Å². The highest BCUT2D eigenvalue weighted by atomic mass is 16.4. The molecule has 0 amide bonds. The van der Waals surface area contributed by atoms with Gasteiger partial charge in [0.1, 0.15) is 5.82 Å². The Morgan fingerprint density at radius 3 is 3.06 bits per heavy atom. The maximum atomic E-state index is 11.0. The molecule has 1 aliphatic rings. The number of nitrogen functional groups attached to an aromatic ring is 1. The summed E-state index contributed by atoms with van der Waals surface area (Å²) < 4.78 is 0. The molecule has 1 fully saturated rings. The number of anilines is 2. The van der Waals surface area contributed by atoms with Gasteiger partial charge in [-0.25, -0.2) is 4.98 Å². The number of aryl methyl sites for hydroxylation is 1. The minimum atomic E-state index is -0.712. The first-order valence-corrected chi connectivity index (χ1v) is 5.78. The van der Waals surface area contributed by atoms with Crippen LogP contribution in [0.2, 0.25) is 0 Å². The third-order valence-electron chi connectivity index (χ3n) is 3.22. The van der Waals surface area contributed by atoms with Gasteiger partial charge < -0.3 is 15.7 Å². The Labute approximate surface area is 100 Å². The van der Waals surface area contributed by atoms with Gasteiger partial charge in [-0.3, -0.25) is 4.79 Å². The lowest BCUT2D eigenvalue weighted by molar-refractivity contribution is -0.141. The lowest BCUT2D eigenvalue weighted by Gasteiger charge is -2.33. The van der Waals surface area contributed by atoms with E-state index in [1.807, 2.05) is 13.0 Å². The molecule has 0 saturated carbocycles. The van der Waals surface area contributed by atoms with Gasteiger partial charge in [-0.1, -0.05) is 0 Å². The first-order valence-electron chi connectivity index (χ1n) is 5.78. The molecule has 1 atom stereocenters. The summed E-state index contributed by atoms with van der Waals surface area (Å²) >= 11 is 0. The first-order chi connectivity index (χ1) is 8.08. The molecule has 0 spiro atoms. The van der Waals surface area contributed by atoms with Crippen LogP contribution in [0.5, 0.6) is 0 Å². The highest BCUT2D eigenvalue weighted by Crippen LogP contribution is 2.26. The number of nitrogens with zero attached hydrogens (tertiary/aromatic N) is 2. The summed E-state index contributed by atoms with van der Waals surface area (Å²) in [4.78, 5) is 17.2. The van der Waals surface area contributed by atoms with E-state index in [1.54, 1.807) is 6.20 Å². The predicted octanol–water partition coefficient (Wildman–Crippen LogP) is 1.27. The SMILES string of the molecule is Cc1cc(N)ncc1N1CCCC(C(=O)O)C1. The van der Waals surface area contributed by atoms with E-state index < -0.39 is 5.97 Å². The van der Waals surface area contributed by atoms with Crippen LogP contribution in [0.4, 0.5) is 11.5 Å². The number of rotatable bonds is 2. The highest BCUT2D eigenvalue weighted by Gasteiger charge is 2.26. The van der Waals surface area contributed by atoms with Gasteiger partial charge in [-0.2, -0.15) is 0 Å². The second-order valence-corrected chi connectivity index (χ2v) is 4.52. The van der Waals surface area contributed by atoms with Gasteiger partial charge in [0.2, 0.25) is 0 Å². The van der Waals surface area contributed by atoms with Crippen LogP contribution in [-0.2, 0) is 4.79 Å². The molecule has 0 aliphatic carbocycles. The van der Waals surface area contributed by atoms with Crippen LogP contribution >= 0.6 is 0 Å². The molecule has 0 radical (unpaired) electrons. The van der Waals surface area contributed by atoms with Gasteiger partial charge in [0.05, 0.1) is 17.8 Å². The first kappa shape index (κ1) is 11.7. The number of carboxylic acids is 1. The maximum Gasteiger partial charge on any atom is 0.308 e. The predicted molar refractivity (Wildman–Crippen MR) is 66.0 cm³/mol. The molecular weight excluding hydrogens is 218 g/mol. The van der Waals surface area contributed by atoms with Gasteiger partial charge in [0.15, 0.2) is 0 Å². The third kappa shape index (κ3) is 2.49. The molecular formula is C12H17N3O2. The van der Waals surface area contributed by atoms with Crippen LogP contribution < -0.4 is 10.6 Å². The number of aliphatic carboxylic acids is 1. The second kappa shape index (κ2) is 4.61. The van der Waals surface area contributed by atoms with Crippen molar-refractivity contribution >= 4 is 17.5 Å². The summed E-state index contributed by atoms with van der Waals surface area (Å²) in [6, 6.07) is 1.82. The Morgan fingerprint density at radius 2 is 2.41 bits per heavy atom. The zero-order valence-corrected chi connectivity index (χ0v) is 9.89. The van der Waals surface area contributed by atoms with Crippen molar-refractivity contribution in [2.75, 3.05) is 23.7 Å². The topological polar surface area (TPSA) is 79.5 Å². The average Bonchev–Trinajstić information content (AvgIpc) is 2.29. The summed E-state index contributed by atoms with van der Waals surface area (Å²) in [5.41, 5.74) is 7.64. The van der Waals surface area contributed by atoms with E-state index in [-0.39, 0.29) is 5.92 Å². The molecule has 1 aliphatic heterocycles. The van der Waals surface area contributed by atoms with E-state index in [0.717, 1.165) is 30.6 Å². The summed E-state index contributed by atoms with van der Waals surface area (Å²) in [6.07, 6.45) is 3.39. The van der Waals surface area contributed by atoms with Crippen LogP contribution in [0.3, 0.4) is 0 Å². The normalized spacial score (nSPS) is 20.3. The van der Waals surface area contributed by atoms with E-state index in [9.17, 15) is 4.79 Å². The number of piperidine rings is 1. The van der Waals surface area contributed by atoms with Crippen LogP contribution in [0.25, 0.3) is 0 Å². The minimum absolute atomic E-state index is 0.277. The molecule has 0 aromatic carbocycles. The zero-order valence-electron chi connectivity index (χ0n) is 9.89. The van der Waals surface area contributed by atoms with Crippen molar-refractivity contribution in [1.29, 1.82) is 0 Å². The van der Waals surface area contributed by atoms with Crippen molar-refractivity contribution < 1.29 is 9.90 Å². The highest BCUT2D eigenvalue weighted by molar-refractivity contribution is 5.71. The van der Waals surface area contributed by atoms with Gasteiger partial charge in [-0.15, -0.1) is 0 Å². The second-order valence-electron chi connectivity index (χ2n) is 4.52. The smallest absolute Gasteiger partial charge is 0.308 e. The van der Waals surface area contributed by atoms with Crippen LogP contribution in [0, 0.1) is 12.8 Å². The van der Waals surface area contributed by atoms with Crippen LogP contribution in [-0.4, -0.2) is 29.1 Å². The van der Waals surface area contributed by atoms with Crippen molar-refractivity contribution in [1.82, 2.24) is 4.98 Å². The monoisotopic (exact) mass is 235 g/mol. The minimum Gasteiger partial charge on any atom is -0.481 e. The number of aromatic nitrogens is 1. The molecule has 5 heteroatoms. The summed E-state index contributed by atoms with van der Waals surface area (Å²) in [5, 5.41) is 9.05. The fourth-order valence-electron chi connectivity index (χ4n) is 2.30. The number of nitrogens with two attached hydrogens (primary N) is 1. The molecule has 0 bridgehead atoms. The van der Waals surface area contributed by atoms with Crippen molar-refractivity contribution in [3.8, 4) is 0 Å². The fraction of sp³-hybridized carbons (Fsp3) is 0.500. The molecule has 1 aromatic rings. The third-order valence-corrected chi connectivity index (χ3v) is 3.22. The van der Waals surface area contributed by atoms with Crippen molar-refractivity contribution in [2.45, 2.75) is 19.8 Å². The summed E-state index contributed by atoms with van der Waals surface area (Å²) in [6.45, 7) is 3.41. The molecule has 92 valence electrons. The largest absolute Gasteiger partial charge is 0.481 e. The summed E-state index contributed by atoms with van der Waals surface area (Å²) in [7, 11) is 0. The van der Waals surface area contributed by atoms with Gasteiger partial charge >= 0.3 is 5.97 Å². The van der Waals surface area contributed by atoms with E-state index in [4.69, 9.17) is 10.8 Å². The van der Waals surface area contributed by atoms with Crippen LogP contribution in [0.15, 0.2) is 12.3 Å². The van der Waals surface area contributed by atoms with Gasteiger partial charge in [-0.05, 0) is 31.4 Å². The van der Waals surface area contributed by atoms with Crippen molar-refractivity contribution in [3.63, 3.8) is 0 Å². The number of pyridine rings is 1. The zero-order chi connectivity index (χ0) is 12.4. The molecule has 5 nitrogen and oxygen atoms in total. The van der Waals surface area contributed by atoms with E-state index in [0.29, 0.717) is 12.4 Å². The molecule has 2 rings (SSSR count). The lowest BCUT2D eigenvalue weighted by Crippen LogP contribution is -2.39. The van der Waals surface area contributed by atoms with Gasteiger partial charge in [0, 0.05) is 13.1 Å². The molecule has 1 unspecified atom stereocenters. The Bertz CT molecular complexity index is 434. The number of hydrogen-bond donors (Lipinski definition) is 2. The quantitative estimate of drug-likeness (QED) is 0.807. The number of carbonyl (C=O) groups is 1. The van der Waals surface area contributed by atoms with Crippen LogP contribution in [0.1, 0.15) is 18.4 Å². The Balaban J connectivity index is 2.19. The molecule has 1 saturated heterocycles. The molecule has 17 heavy (non-hydrogen) atoms. The number of carboxylic acid groups (broad SMARTS) is 1. The molecule has 1 aromatic heterocycles.